The van der Waals surface area contributed by atoms with Gasteiger partial charge >= 0.3 is 5.97 Å². The van der Waals surface area contributed by atoms with Crippen LogP contribution in [0.4, 0.5) is 4.39 Å². The zero-order valence-corrected chi connectivity index (χ0v) is 6.17. The van der Waals surface area contributed by atoms with Gasteiger partial charge < -0.3 is 10.0 Å². The molecule has 1 atom stereocenters. The summed E-state index contributed by atoms with van der Waals surface area (Å²) < 4.78 is 12.3. The number of rotatable bonds is 4. The molecule has 0 aliphatic rings. The summed E-state index contributed by atoms with van der Waals surface area (Å²) in [6.45, 7) is 0.466. The fourth-order valence-electron chi connectivity index (χ4n) is 0.495. The molecule has 60 valence electrons. The van der Waals surface area contributed by atoms with Gasteiger partial charge in [-0.2, -0.15) is 0 Å². The number of aliphatic carboxylic acids is 1. The van der Waals surface area contributed by atoms with Crippen LogP contribution >= 0.6 is 0 Å². The molecule has 0 fully saturated rings. The normalized spacial score (nSPS) is 13.6. The average Bonchev–Trinajstić information content (AvgIpc) is 1.82. The van der Waals surface area contributed by atoms with Crippen LogP contribution in [0, 0.1) is 0 Å². The Morgan fingerprint density at radius 3 is 2.50 bits per heavy atom. The van der Waals surface area contributed by atoms with Gasteiger partial charge in [-0.3, -0.25) is 0 Å². The Morgan fingerprint density at radius 1 is 1.70 bits per heavy atom. The molecule has 3 nitrogen and oxygen atoms in total. The second-order valence-electron chi connectivity index (χ2n) is 2.40. The second-order valence-corrected chi connectivity index (χ2v) is 2.40. The molecule has 10 heavy (non-hydrogen) atoms. The van der Waals surface area contributed by atoms with E-state index in [1.807, 2.05) is 0 Å². The van der Waals surface area contributed by atoms with Crippen LogP contribution in [0.1, 0.15) is 6.42 Å². The van der Waals surface area contributed by atoms with E-state index in [4.69, 9.17) is 5.11 Å². The van der Waals surface area contributed by atoms with Crippen molar-refractivity contribution in [3.05, 3.63) is 0 Å². The van der Waals surface area contributed by atoms with Gasteiger partial charge in [0.05, 0.1) is 0 Å². The third-order valence-electron chi connectivity index (χ3n) is 1.10. The largest absolute Gasteiger partial charge is 0.479 e. The van der Waals surface area contributed by atoms with Crippen molar-refractivity contribution in [3.63, 3.8) is 0 Å². The molecule has 0 aliphatic carbocycles. The van der Waals surface area contributed by atoms with Crippen molar-refractivity contribution in [1.82, 2.24) is 4.90 Å². The maximum atomic E-state index is 12.3. The molecule has 0 unspecified atom stereocenters. The van der Waals surface area contributed by atoms with Crippen molar-refractivity contribution in [1.29, 1.82) is 0 Å². The van der Waals surface area contributed by atoms with Crippen molar-refractivity contribution in [3.8, 4) is 0 Å². The fourth-order valence-corrected chi connectivity index (χ4v) is 0.495. The van der Waals surface area contributed by atoms with E-state index in [1.165, 1.54) is 0 Å². The molecule has 0 saturated heterocycles. The quantitative estimate of drug-likeness (QED) is 0.627. The van der Waals surface area contributed by atoms with Crippen molar-refractivity contribution >= 4 is 5.97 Å². The third-order valence-corrected chi connectivity index (χ3v) is 1.10. The van der Waals surface area contributed by atoms with Crippen molar-refractivity contribution in [2.45, 2.75) is 12.6 Å². The van der Waals surface area contributed by atoms with Crippen LogP contribution in [0.5, 0.6) is 0 Å². The van der Waals surface area contributed by atoms with Gasteiger partial charge in [0.25, 0.3) is 0 Å². The average molecular weight is 149 g/mol. The Bertz CT molecular complexity index is 116. The van der Waals surface area contributed by atoms with Gasteiger partial charge in [0.15, 0.2) is 6.17 Å². The van der Waals surface area contributed by atoms with E-state index in [0.29, 0.717) is 6.54 Å². The first-order chi connectivity index (χ1) is 4.54. The van der Waals surface area contributed by atoms with E-state index in [-0.39, 0.29) is 6.42 Å². The number of carbonyl (C=O) groups is 1. The van der Waals surface area contributed by atoms with Crippen LogP contribution in [0.3, 0.4) is 0 Å². The van der Waals surface area contributed by atoms with Gasteiger partial charge in [-0.1, -0.05) is 0 Å². The Balaban J connectivity index is 3.40. The number of hydrogen-bond acceptors (Lipinski definition) is 2. The van der Waals surface area contributed by atoms with Gasteiger partial charge in [0.2, 0.25) is 0 Å². The number of hydrogen-bond donors (Lipinski definition) is 1. The van der Waals surface area contributed by atoms with Crippen LogP contribution in [-0.2, 0) is 4.79 Å². The monoisotopic (exact) mass is 149 g/mol. The van der Waals surface area contributed by atoms with E-state index in [1.54, 1.807) is 19.0 Å². The van der Waals surface area contributed by atoms with Gasteiger partial charge in [0.1, 0.15) is 0 Å². The number of carboxylic acid groups (broad SMARTS) is 1. The lowest BCUT2D eigenvalue weighted by Gasteiger charge is -2.08. The zero-order chi connectivity index (χ0) is 8.15. The molecular weight excluding hydrogens is 137 g/mol. The van der Waals surface area contributed by atoms with Crippen LogP contribution in [0.2, 0.25) is 0 Å². The number of nitrogens with zero attached hydrogens (tertiary/aromatic N) is 1. The smallest absolute Gasteiger partial charge is 0.338 e. The third kappa shape index (κ3) is 4.26. The number of alkyl halides is 1. The molecule has 0 heterocycles. The lowest BCUT2D eigenvalue weighted by atomic mass is 10.3. The highest BCUT2D eigenvalue weighted by Crippen LogP contribution is 1.97. The summed E-state index contributed by atoms with van der Waals surface area (Å²) in [5.41, 5.74) is 0. The molecule has 4 heteroatoms. The summed E-state index contributed by atoms with van der Waals surface area (Å²) in [6, 6.07) is 0. The lowest BCUT2D eigenvalue weighted by Crippen LogP contribution is -2.22. The molecule has 0 radical (unpaired) electrons. The summed E-state index contributed by atoms with van der Waals surface area (Å²) in [4.78, 5) is 11.7. The van der Waals surface area contributed by atoms with Crippen LogP contribution in [-0.4, -0.2) is 42.8 Å². The van der Waals surface area contributed by atoms with E-state index < -0.39 is 12.1 Å². The summed E-state index contributed by atoms with van der Waals surface area (Å²) in [5, 5.41) is 8.10. The molecule has 0 amide bonds. The minimum Gasteiger partial charge on any atom is -0.479 e. The van der Waals surface area contributed by atoms with E-state index in [0.717, 1.165) is 0 Å². The van der Waals surface area contributed by atoms with E-state index in [2.05, 4.69) is 0 Å². The lowest BCUT2D eigenvalue weighted by molar-refractivity contribution is -0.143. The molecule has 0 aliphatic heterocycles. The molecule has 1 N–H and O–H groups in total. The molecule has 0 rings (SSSR count). The summed E-state index contributed by atoms with van der Waals surface area (Å²) >= 11 is 0. The number of carboxylic acids is 1. The molecule has 0 aromatic carbocycles. The Hall–Kier alpha value is -0.640. The first kappa shape index (κ1) is 9.36. The maximum Gasteiger partial charge on any atom is 0.338 e. The summed E-state index contributed by atoms with van der Waals surface area (Å²) in [6.07, 6.45) is -1.66. The second kappa shape index (κ2) is 4.22. The fraction of sp³-hybridized carbons (Fsp3) is 0.833. The number of halogens is 1. The van der Waals surface area contributed by atoms with Crippen molar-refractivity contribution in [2.75, 3.05) is 20.6 Å². The van der Waals surface area contributed by atoms with Crippen LogP contribution in [0.25, 0.3) is 0 Å². The molecule has 0 saturated carbocycles. The van der Waals surface area contributed by atoms with Gasteiger partial charge in [-0.25, -0.2) is 9.18 Å². The minimum atomic E-state index is -1.72. The van der Waals surface area contributed by atoms with Crippen molar-refractivity contribution < 1.29 is 14.3 Å². The zero-order valence-electron chi connectivity index (χ0n) is 6.17. The maximum absolute atomic E-state index is 12.3. The van der Waals surface area contributed by atoms with Crippen LogP contribution < -0.4 is 0 Å². The van der Waals surface area contributed by atoms with Gasteiger partial charge in [-0.15, -0.1) is 0 Å². The molecular formula is C6H12FNO2. The highest BCUT2D eigenvalue weighted by molar-refractivity contribution is 5.71. The topological polar surface area (TPSA) is 40.5 Å². The van der Waals surface area contributed by atoms with Gasteiger partial charge in [0, 0.05) is 13.0 Å². The SMILES string of the molecule is CN(C)CC[C@H](F)C(=O)O. The predicted octanol–water partition coefficient (Wildman–Crippen LogP) is 0.361. The molecule has 0 spiro atoms. The predicted molar refractivity (Wildman–Crippen MR) is 35.7 cm³/mol. The molecule has 0 aromatic heterocycles. The summed E-state index contributed by atoms with van der Waals surface area (Å²) in [7, 11) is 3.54. The summed E-state index contributed by atoms with van der Waals surface area (Å²) in [5.74, 6) is -1.37. The standard InChI is InChI=1S/C6H12FNO2/c1-8(2)4-3-5(7)6(9)10/h5H,3-4H2,1-2H3,(H,9,10)/t5-/m0/s1. The van der Waals surface area contributed by atoms with Crippen molar-refractivity contribution in [2.24, 2.45) is 0 Å². The van der Waals surface area contributed by atoms with E-state index >= 15 is 0 Å². The van der Waals surface area contributed by atoms with E-state index in [9.17, 15) is 9.18 Å². The Morgan fingerprint density at radius 2 is 2.20 bits per heavy atom. The Labute approximate surface area is 59.4 Å². The van der Waals surface area contributed by atoms with Crippen LogP contribution in [0.15, 0.2) is 0 Å². The first-order valence-electron chi connectivity index (χ1n) is 3.05. The minimum absolute atomic E-state index is 0.0579. The first-order valence-corrected chi connectivity index (χ1v) is 3.05. The highest BCUT2D eigenvalue weighted by atomic mass is 19.1. The molecule has 0 bridgehead atoms. The Kier molecular flexibility index (Phi) is 3.95. The molecule has 0 aromatic rings. The highest BCUT2D eigenvalue weighted by Gasteiger charge is 2.14. The van der Waals surface area contributed by atoms with Gasteiger partial charge in [-0.05, 0) is 14.1 Å².